The van der Waals surface area contributed by atoms with E-state index in [-0.39, 0.29) is 10.6 Å². The molecule has 1 amide bonds. The van der Waals surface area contributed by atoms with Crippen LogP contribution in [0.3, 0.4) is 0 Å². The average molecular weight is 457 g/mol. The van der Waals surface area contributed by atoms with Crippen LogP contribution in [0, 0.1) is 17.5 Å². The van der Waals surface area contributed by atoms with Crippen molar-refractivity contribution in [3.8, 4) is 17.0 Å². The van der Waals surface area contributed by atoms with E-state index in [1.807, 2.05) is 0 Å². The summed E-state index contributed by atoms with van der Waals surface area (Å²) in [6.45, 7) is -0.668. The lowest BCUT2D eigenvalue weighted by Crippen LogP contribution is -2.18. The molecule has 1 atom stereocenters. The first-order chi connectivity index (χ1) is 13.3. The Hall–Kier alpha value is -2.85. The van der Waals surface area contributed by atoms with Gasteiger partial charge in [-0.15, -0.1) is 0 Å². The van der Waals surface area contributed by atoms with Crippen molar-refractivity contribution in [1.29, 1.82) is 0 Å². The number of benzene rings is 2. The number of primary amides is 1. The third-order valence-electron chi connectivity index (χ3n) is 3.73. The zero-order valence-corrected chi connectivity index (χ0v) is 15.5. The van der Waals surface area contributed by atoms with Crippen LogP contribution >= 0.6 is 15.9 Å². The van der Waals surface area contributed by atoms with Gasteiger partial charge in [-0.25, -0.2) is 18.2 Å². The van der Waals surface area contributed by atoms with Crippen molar-refractivity contribution < 1.29 is 32.2 Å². The summed E-state index contributed by atoms with van der Waals surface area (Å²) in [6, 6.07) is 7.15. The number of aromatic nitrogens is 1. The number of aliphatic hydroxyl groups excluding tert-OH is 1. The molecule has 2 aromatic carbocycles. The van der Waals surface area contributed by atoms with Crippen molar-refractivity contribution in [2.75, 3.05) is 6.61 Å². The Morgan fingerprint density at radius 2 is 1.89 bits per heavy atom. The number of aliphatic hydroxyl groups is 1. The van der Waals surface area contributed by atoms with Crippen LogP contribution in [0.4, 0.5) is 13.2 Å². The molecule has 0 aliphatic rings. The molecule has 6 nitrogen and oxygen atoms in total. The Morgan fingerprint density at radius 1 is 1.21 bits per heavy atom. The molecular formula is C18H12BrF3N2O4. The minimum atomic E-state index is -1.31. The van der Waals surface area contributed by atoms with Gasteiger partial charge >= 0.3 is 0 Å². The van der Waals surface area contributed by atoms with Crippen molar-refractivity contribution in [3.05, 3.63) is 70.0 Å². The maximum atomic E-state index is 14.3. The number of hydrogen-bond donors (Lipinski definition) is 2. The van der Waals surface area contributed by atoms with Gasteiger partial charge in [-0.3, -0.25) is 4.79 Å². The number of nitrogens with two attached hydrogens (primary N) is 1. The van der Waals surface area contributed by atoms with E-state index in [0.717, 1.165) is 12.1 Å². The normalized spacial score (nSPS) is 12.0. The Morgan fingerprint density at radius 3 is 2.50 bits per heavy atom. The van der Waals surface area contributed by atoms with Gasteiger partial charge in [-0.05, 0) is 52.3 Å². The summed E-state index contributed by atoms with van der Waals surface area (Å²) >= 11 is 3.17. The number of ether oxygens (including phenoxy) is 1. The molecule has 28 heavy (non-hydrogen) atoms. The van der Waals surface area contributed by atoms with E-state index in [9.17, 15) is 23.1 Å². The fourth-order valence-electron chi connectivity index (χ4n) is 2.41. The van der Waals surface area contributed by atoms with Crippen LogP contribution in [0.5, 0.6) is 5.75 Å². The highest BCUT2D eigenvalue weighted by atomic mass is 79.9. The van der Waals surface area contributed by atoms with Gasteiger partial charge in [0.25, 0.3) is 5.91 Å². The second-order valence-electron chi connectivity index (χ2n) is 5.57. The Balaban J connectivity index is 1.93. The second kappa shape index (κ2) is 8.03. The lowest BCUT2D eigenvalue weighted by molar-refractivity contribution is 0.0880. The van der Waals surface area contributed by atoms with Crippen molar-refractivity contribution in [1.82, 2.24) is 4.98 Å². The molecule has 0 saturated heterocycles. The van der Waals surface area contributed by atoms with Crippen molar-refractivity contribution in [2.45, 2.75) is 6.10 Å². The molecule has 3 rings (SSSR count). The topological polar surface area (TPSA) is 98.6 Å². The molecule has 0 bridgehead atoms. The lowest BCUT2D eigenvalue weighted by atomic mass is 10.1. The molecule has 1 aromatic heterocycles. The Bertz CT molecular complexity index is 1020. The van der Waals surface area contributed by atoms with E-state index in [2.05, 4.69) is 20.9 Å². The largest absolute Gasteiger partial charge is 0.475 e. The molecule has 0 saturated carbocycles. The summed E-state index contributed by atoms with van der Waals surface area (Å²) in [6.07, 6.45) is -1.27. The molecular weight excluding hydrogens is 445 g/mol. The highest BCUT2D eigenvalue weighted by molar-refractivity contribution is 9.10. The van der Waals surface area contributed by atoms with E-state index in [1.54, 1.807) is 0 Å². The number of amides is 1. The van der Waals surface area contributed by atoms with E-state index < -0.39 is 47.4 Å². The van der Waals surface area contributed by atoms with E-state index in [4.69, 9.17) is 14.9 Å². The van der Waals surface area contributed by atoms with Gasteiger partial charge in [0.2, 0.25) is 5.89 Å². The number of halogens is 4. The summed E-state index contributed by atoms with van der Waals surface area (Å²) in [5, 5.41) is 9.59. The summed E-state index contributed by atoms with van der Waals surface area (Å²) < 4.78 is 51.9. The maximum absolute atomic E-state index is 14.3. The van der Waals surface area contributed by atoms with E-state index >= 15 is 0 Å². The molecule has 0 aliphatic carbocycles. The smallest absolute Gasteiger partial charge is 0.254 e. The predicted octanol–water partition coefficient (Wildman–Crippen LogP) is 3.73. The summed E-state index contributed by atoms with van der Waals surface area (Å²) in [4.78, 5) is 15.4. The standard InChI is InChI=1S/C18H12BrF3N2O4/c19-16-15(8-1-3-9(20)4-2-8)24-18(28-16)12(7-25)27-11-6-5-10(21)13(14(11)22)17(23)26/h1-6,12,25H,7H2,(H2,23,26). The number of carbonyl (C=O) groups is 1. The molecule has 1 unspecified atom stereocenters. The van der Waals surface area contributed by atoms with Gasteiger partial charge in [-0.2, -0.15) is 0 Å². The van der Waals surface area contributed by atoms with Crippen LogP contribution in [-0.2, 0) is 0 Å². The highest BCUT2D eigenvalue weighted by Gasteiger charge is 2.26. The predicted molar refractivity (Wildman–Crippen MR) is 94.9 cm³/mol. The number of carbonyl (C=O) groups excluding carboxylic acids is 1. The monoisotopic (exact) mass is 456 g/mol. The first-order valence-corrected chi connectivity index (χ1v) is 8.58. The minimum Gasteiger partial charge on any atom is -0.475 e. The maximum Gasteiger partial charge on any atom is 0.254 e. The summed E-state index contributed by atoms with van der Waals surface area (Å²) in [7, 11) is 0. The SMILES string of the molecule is NC(=O)c1c(F)ccc(OC(CO)c2nc(-c3ccc(F)cc3)c(Br)o2)c1F. The third kappa shape index (κ3) is 3.87. The van der Waals surface area contributed by atoms with Crippen molar-refractivity contribution in [2.24, 2.45) is 5.73 Å². The third-order valence-corrected chi connectivity index (χ3v) is 4.27. The fourth-order valence-corrected chi connectivity index (χ4v) is 2.89. The van der Waals surface area contributed by atoms with Crippen LogP contribution in [0.2, 0.25) is 0 Å². The van der Waals surface area contributed by atoms with Gasteiger partial charge in [0.05, 0.1) is 6.61 Å². The first-order valence-electron chi connectivity index (χ1n) is 7.79. The van der Waals surface area contributed by atoms with Gasteiger partial charge in [0, 0.05) is 5.56 Å². The van der Waals surface area contributed by atoms with Gasteiger partial charge in [0.15, 0.2) is 22.3 Å². The molecule has 3 N–H and O–H groups in total. The molecule has 0 spiro atoms. The number of oxazole rings is 1. The zero-order chi connectivity index (χ0) is 20.4. The molecule has 0 aliphatic heterocycles. The molecule has 146 valence electrons. The average Bonchev–Trinajstić information content (AvgIpc) is 3.03. The lowest BCUT2D eigenvalue weighted by Gasteiger charge is -2.15. The molecule has 0 radical (unpaired) electrons. The molecule has 0 fully saturated rings. The zero-order valence-electron chi connectivity index (χ0n) is 14.0. The quantitative estimate of drug-likeness (QED) is 0.588. The Kier molecular flexibility index (Phi) is 5.71. The second-order valence-corrected chi connectivity index (χ2v) is 6.29. The van der Waals surface area contributed by atoms with Crippen LogP contribution in [0.1, 0.15) is 22.4 Å². The van der Waals surface area contributed by atoms with Crippen LogP contribution in [-0.4, -0.2) is 22.6 Å². The van der Waals surface area contributed by atoms with Crippen LogP contribution in [0.15, 0.2) is 45.5 Å². The van der Waals surface area contributed by atoms with Crippen molar-refractivity contribution >= 4 is 21.8 Å². The van der Waals surface area contributed by atoms with Gasteiger partial charge in [-0.1, -0.05) is 0 Å². The van der Waals surface area contributed by atoms with Gasteiger partial charge < -0.3 is 20.0 Å². The first kappa shape index (κ1) is 19.9. The van der Waals surface area contributed by atoms with Crippen molar-refractivity contribution in [3.63, 3.8) is 0 Å². The molecule has 1 heterocycles. The Labute approximate surface area is 164 Å². The van der Waals surface area contributed by atoms with Gasteiger partial charge in [0.1, 0.15) is 22.9 Å². The van der Waals surface area contributed by atoms with Crippen LogP contribution in [0.25, 0.3) is 11.3 Å². The molecule has 10 heteroatoms. The van der Waals surface area contributed by atoms with Crippen LogP contribution < -0.4 is 10.5 Å². The number of hydrogen-bond acceptors (Lipinski definition) is 5. The molecule has 3 aromatic rings. The van der Waals surface area contributed by atoms with E-state index in [1.165, 1.54) is 24.3 Å². The minimum absolute atomic E-state index is 0.127. The number of rotatable bonds is 6. The fraction of sp³-hybridized carbons (Fsp3) is 0.111. The summed E-state index contributed by atoms with van der Waals surface area (Å²) in [5.74, 6) is -4.84. The summed E-state index contributed by atoms with van der Waals surface area (Å²) in [5.41, 5.74) is 4.82. The number of nitrogens with zero attached hydrogens (tertiary/aromatic N) is 1. The highest BCUT2D eigenvalue weighted by Crippen LogP contribution is 2.33. The van der Waals surface area contributed by atoms with E-state index in [0.29, 0.717) is 11.3 Å².